The van der Waals surface area contributed by atoms with Crippen LogP contribution in [-0.2, 0) is 0 Å². The van der Waals surface area contributed by atoms with Crippen LogP contribution in [0.5, 0.6) is 0 Å². The molecule has 0 spiro atoms. The van der Waals surface area contributed by atoms with E-state index in [2.05, 4.69) is 18.8 Å². The molecule has 0 radical (unpaired) electrons. The molecule has 3 atom stereocenters. The fourth-order valence-electron chi connectivity index (χ4n) is 2.39. The average Bonchev–Trinajstić information content (AvgIpc) is 2.57. The van der Waals surface area contributed by atoms with Crippen molar-refractivity contribution in [3.05, 3.63) is 22.9 Å². The third-order valence-corrected chi connectivity index (χ3v) is 3.64. The fraction of sp³-hybridized carbons (Fsp3) is 0.727. The molecular weight excluding hydrogens is 176 g/mol. The second kappa shape index (κ2) is 3.64. The van der Waals surface area contributed by atoms with E-state index in [0.29, 0.717) is 6.04 Å². The maximum absolute atomic E-state index is 11.4. The molecule has 2 rings (SSSR count). The van der Waals surface area contributed by atoms with Gasteiger partial charge in [-0.3, -0.25) is 4.57 Å². The van der Waals surface area contributed by atoms with Crippen molar-refractivity contribution in [1.82, 2.24) is 9.55 Å². The van der Waals surface area contributed by atoms with E-state index in [1.54, 1.807) is 6.20 Å². The van der Waals surface area contributed by atoms with Gasteiger partial charge in [0, 0.05) is 18.4 Å². The van der Waals surface area contributed by atoms with Crippen molar-refractivity contribution in [2.24, 2.45) is 11.8 Å². The molecule has 78 valence electrons. The highest BCUT2D eigenvalue weighted by Crippen LogP contribution is 2.35. The Morgan fingerprint density at radius 2 is 2.14 bits per heavy atom. The van der Waals surface area contributed by atoms with E-state index in [-0.39, 0.29) is 5.69 Å². The van der Waals surface area contributed by atoms with Gasteiger partial charge in [0.15, 0.2) is 0 Å². The fourth-order valence-corrected chi connectivity index (χ4v) is 2.39. The number of nitrogens with zero attached hydrogens (tertiary/aromatic N) is 1. The van der Waals surface area contributed by atoms with Crippen molar-refractivity contribution in [2.45, 2.75) is 39.2 Å². The molecule has 1 saturated carbocycles. The molecule has 0 bridgehead atoms. The van der Waals surface area contributed by atoms with Crippen LogP contribution in [0.3, 0.4) is 0 Å². The van der Waals surface area contributed by atoms with E-state index in [1.807, 2.05) is 10.8 Å². The van der Waals surface area contributed by atoms with E-state index in [1.165, 1.54) is 6.42 Å². The zero-order valence-electron chi connectivity index (χ0n) is 8.86. The summed E-state index contributed by atoms with van der Waals surface area (Å²) in [5.41, 5.74) is 0.0387. The molecule has 1 aromatic rings. The van der Waals surface area contributed by atoms with Gasteiger partial charge in [-0.15, -0.1) is 0 Å². The zero-order chi connectivity index (χ0) is 10.1. The Balaban J connectivity index is 2.14. The lowest BCUT2D eigenvalue weighted by Crippen LogP contribution is -2.28. The summed E-state index contributed by atoms with van der Waals surface area (Å²) in [6, 6.07) is 0.417. The second-order valence-corrected chi connectivity index (χ2v) is 4.59. The summed E-state index contributed by atoms with van der Waals surface area (Å²) < 4.78 is 1.85. The third-order valence-electron chi connectivity index (χ3n) is 3.64. The molecule has 0 aromatic carbocycles. The predicted molar refractivity (Wildman–Crippen MR) is 56.3 cm³/mol. The van der Waals surface area contributed by atoms with Crippen LogP contribution < -0.4 is 5.69 Å². The van der Waals surface area contributed by atoms with Gasteiger partial charge >= 0.3 is 5.69 Å². The molecule has 14 heavy (non-hydrogen) atoms. The minimum atomic E-state index is 0.0387. The molecule has 3 nitrogen and oxygen atoms in total. The van der Waals surface area contributed by atoms with Crippen molar-refractivity contribution in [1.29, 1.82) is 0 Å². The Bertz CT molecular complexity index is 352. The standard InChI is InChI=1S/C11H18N2O/c1-8-3-4-10(7-9(8)2)13-6-5-12-11(13)14/h5-6,8-10H,3-4,7H2,1-2H3,(H,12,14). The number of aromatic nitrogens is 2. The SMILES string of the molecule is CC1CCC(n2cc[nH]c2=O)CC1C. The number of hydrogen-bond donors (Lipinski definition) is 1. The molecule has 1 aromatic heterocycles. The zero-order valence-corrected chi connectivity index (χ0v) is 8.86. The van der Waals surface area contributed by atoms with Gasteiger partial charge in [-0.1, -0.05) is 13.8 Å². The molecule has 0 aliphatic heterocycles. The average molecular weight is 194 g/mol. The lowest BCUT2D eigenvalue weighted by Gasteiger charge is -2.32. The Hall–Kier alpha value is -0.990. The highest BCUT2D eigenvalue weighted by molar-refractivity contribution is 4.86. The van der Waals surface area contributed by atoms with E-state index in [4.69, 9.17) is 0 Å². The van der Waals surface area contributed by atoms with E-state index < -0.39 is 0 Å². The number of hydrogen-bond acceptors (Lipinski definition) is 1. The lowest BCUT2D eigenvalue weighted by molar-refractivity contribution is 0.208. The molecule has 0 saturated heterocycles. The molecule has 0 amide bonds. The first-order valence-electron chi connectivity index (χ1n) is 5.44. The molecular formula is C11H18N2O. The number of rotatable bonds is 1. The van der Waals surface area contributed by atoms with Crippen LogP contribution in [-0.4, -0.2) is 9.55 Å². The molecule has 1 aliphatic rings. The molecule has 1 fully saturated rings. The Morgan fingerprint density at radius 3 is 2.71 bits per heavy atom. The van der Waals surface area contributed by atoms with Gasteiger partial charge in [-0.25, -0.2) is 4.79 Å². The minimum Gasteiger partial charge on any atom is -0.313 e. The van der Waals surface area contributed by atoms with Gasteiger partial charge in [0.1, 0.15) is 0 Å². The maximum atomic E-state index is 11.4. The Labute approximate surface area is 84.1 Å². The highest BCUT2D eigenvalue weighted by atomic mass is 16.1. The largest absolute Gasteiger partial charge is 0.325 e. The van der Waals surface area contributed by atoms with Crippen molar-refractivity contribution in [3.8, 4) is 0 Å². The summed E-state index contributed by atoms with van der Waals surface area (Å²) in [5, 5.41) is 0. The monoisotopic (exact) mass is 194 g/mol. The van der Waals surface area contributed by atoms with Gasteiger partial charge in [-0.2, -0.15) is 0 Å². The third kappa shape index (κ3) is 1.63. The first kappa shape index (κ1) is 9.56. The topological polar surface area (TPSA) is 37.8 Å². The lowest BCUT2D eigenvalue weighted by atomic mass is 9.79. The predicted octanol–water partition coefficient (Wildman–Crippen LogP) is 2.17. The first-order valence-corrected chi connectivity index (χ1v) is 5.44. The molecule has 1 heterocycles. The number of imidazole rings is 1. The van der Waals surface area contributed by atoms with Crippen molar-refractivity contribution >= 4 is 0 Å². The summed E-state index contributed by atoms with van der Waals surface area (Å²) in [6.07, 6.45) is 7.12. The van der Waals surface area contributed by atoms with Gasteiger partial charge in [0.25, 0.3) is 0 Å². The van der Waals surface area contributed by atoms with Crippen molar-refractivity contribution in [3.63, 3.8) is 0 Å². The normalized spacial score (nSPS) is 33.1. The van der Waals surface area contributed by atoms with Crippen LogP contribution >= 0.6 is 0 Å². The Morgan fingerprint density at radius 1 is 1.36 bits per heavy atom. The second-order valence-electron chi connectivity index (χ2n) is 4.59. The molecule has 1 aliphatic carbocycles. The molecule has 1 N–H and O–H groups in total. The van der Waals surface area contributed by atoms with Crippen LogP contribution in [0, 0.1) is 11.8 Å². The van der Waals surface area contributed by atoms with E-state index >= 15 is 0 Å². The number of aromatic amines is 1. The summed E-state index contributed by atoms with van der Waals surface area (Å²) in [4.78, 5) is 14.1. The van der Waals surface area contributed by atoms with Crippen LogP contribution in [0.2, 0.25) is 0 Å². The summed E-state index contributed by atoms with van der Waals surface area (Å²) >= 11 is 0. The number of H-pyrrole nitrogens is 1. The Kier molecular flexibility index (Phi) is 2.48. The van der Waals surface area contributed by atoms with Gasteiger partial charge in [-0.05, 0) is 31.1 Å². The summed E-state index contributed by atoms with van der Waals surface area (Å²) in [5.74, 6) is 1.54. The number of nitrogens with one attached hydrogen (secondary N) is 1. The summed E-state index contributed by atoms with van der Waals surface area (Å²) in [7, 11) is 0. The van der Waals surface area contributed by atoms with E-state index in [0.717, 1.165) is 24.7 Å². The van der Waals surface area contributed by atoms with Crippen LogP contribution in [0.25, 0.3) is 0 Å². The minimum absolute atomic E-state index is 0.0387. The van der Waals surface area contributed by atoms with Gasteiger partial charge in [0.05, 0.1) is 0 Å². The molecule has 3 unspecified atom stereocenters. The highest BCUT2D eigenvalue weighted by Gasteiger charge is 2.25. The van der Waals surface area contributed by atoms with Crippen molar-refractivity contribution < 1.29 is 0 Å². The van der Waals surface area contributed by atoms with Crippen LogP contribution in [0.4, 0.5) is 0 Å². The van der Waals surface area contributed by atoms with Gasteiger partial charge < -0.3 is 4.98 Å². The first-order chi connectivity index (χ1) is 6.68. The smallest absolute Gasteiger partial charge is 0.313 e. The van der Waals surface area contributed by atoms with E-state index in [9.17, 15) is 4.79 Å². The quantitative estimate of drug-likeness (QED) is 0.731. The van der Waals surface area contributed by atoms with Crippen LogP contribution in [0.15, 0.2) is 17.2 Å². The van der Waals surface area contributed by atoms with Gasteiger partial charge in [0.2, 0.25) is 0 Å². The maximum Gasteiger partial charge on any atom is 0.325 e. The van der Waals surface area contributed by atoms with Crippen molar-refractivity contribution in [2.75, 3.05) is 0 Å². The molecule has 3 heteroatoms. The summed E-state index contributed by atoms with van der Waals surface area (Å²) in [6.45, 7) is 4.59. The van der Waals surface area contributed by atoms with Crippen LogP contribution in [0.1, 0.15) is 39.2 Å².